The molecule has 2 aromatic rings. The van der Waals surface area contributed by atoms with Gasteiger partial charge in [-0.2, -0.15) is 0 Å². The van der Waals surface area contributed by atoms with Crippen LogP contribution in [0.5, 0.6) is 0 Å². The zero-order valence-electron chi connectivity index (χ0n) is 11.7. The van der Waals surface area contributed by atoms with Gasteiger partial charge in [0.15, 0.2) is 5.82 Å². The van der Waals surface area contributed by atoms with Crippen molar-refractivity contribution in [3.8, 4) is 0 Å². The molecule has 2 aromatic heterocycles. The number of aryl methyl sites for hydroxylation is 1. The summed E-state index contributed by atoms with van der Waals surface area (Å²) in [6.07, 6.45) is 10.4. The van der Waals surface area contributed by atoms with Crippen LogP contribution in [0.3, 0.4) is 0 Å². The molecular formula is C14H21N5. The molecular weight excluding hydrogens is 238 g/mol. The second-order valence-electron chi connectivity index (χ2n) is 5.94. The minimum absolute atomic E-state index is 0.391. The molecule has 2 heterocycles. The van der Waals surface area contributed by atoms with Crippen LogP contribution in [-0.2, 0) is 0 Å². The van der Waals surface area contributed by atoms with Crippen molar-refractivity contribution in [3.05, 3.63) is 18.2 Å². The number of rotatable bonds is 3. The summed E-state index contributed by atoms with van der Waals surface area (Å²) in [6, 6.07) is 0. The quantitative estimate of drug-likeness (QED) is 0.921. The predicted molar refractivity (Wildman–Crippen MR) is 75.2 cm³/mol. The van der Waals surface area contributed by atoms with E-state index in [1.54, 1.807) is 6.20 Å². The van der Waals surface area contributed by atoms with Gasteiger partial charge in [0.25, 0.3) is 0 Å². The molecule has 5 nitrogen and oxygen atoms in total. The molecule has 1 saturated carbocycles. The first-order valence-electron chi connectivity index (χ1n) is 7.08. The van der Waals surface area contributed by atoms with E-state index in [-0.39, 0.29) is 0 Å². The van der Waals surface area contributed by atoms with Crippen LogP contribution >= 0.6 is 0 Å². The fourth-order valence-electron chi connectivity index (χ4n) is 2.95. The molecule has 0 saturated heterocycles. The first-order chi connectivity index (χ1) is 9.18. The number of fused-ring (bicyclic) bond motifs is 1. The summed E-state index contributed by atoms with van der Waals surface area (Å²) in [4.78, 5) is 4.40. The zero-order chi connectivity index (χ0) is 13.3. The van der Waals surface area contributed by atoms with Crippen LogP contribution in [0.15, 0.2) is 12.4 Å². The Hall–Kier alpha value is -1.65. The number of hydrogen-bond acceptors (Lipinski definition) is 4. The number of hydrogen-bond donors (Lipinski definition) is 1. The SMILES string of the molecule is Cc1nnc2c(NCC3(C)CCCCC3)nccn12. The van der Waals surface area contributed by atoms with Gasteiger partial charge in [-0.25, -0.2) is 4.98 Å². The Labute approximate surface area is 113 Å². The summed E-state index contributed by atoms with van der Waals surface area (Å²) in [5.41, 5.74) is 1.21. The number of anilines is 1. The third kappa shape index (κ3) is 2.41. The van der Waals surface area contributed by atoms with E-state index in [0.29, 0.717) is 5.41 Å². The molecule has 0 aliphatic heterocycles. The molecule has 5 heteroatoms. The maximum absolute atomic E-state index is 4.40. The summed E-state index contributed by atoms with van der Waals surface area (Å²) in [7, 11) is 0. The highest BCUT2D eigenvalue weighted by atomic mass is 15.3. The van der Waals surface area contributed by atoms with Gasteiger partial charge in [0.05, 0.1) is 0 Å². The second kappa shape index (κ2) is 4.79. The Morgan fingerprint density at radius 1 is 1.26 bits per heavy atom. The first-order valence-corrected chi connectivity index (χ1v) is 7.08. The topological polar surface area (TPSA) is 55.1 Å². The van der Waals surface area contributed by atoms with Gasteiger partial charge >= 0.3 is 0 Å². The second-order valence-corrected chi connectivity index (χ2v) is 5.94. The van der Waals surface area contributed by atoms with Gasteiger partial charge in [0.2, 0.25) is 5.65 Å². The van der Waals surface area contributed by atoms with Crippen LogP contribution in [-0.4, -0.2) is 26.1 Å². The van der Waals surface area contributed by atoms with Crippen LogP contribution in [0, 0.1) is 12.3 Å². The summed E-state index contributed by atoms with van der Waals surface area (Å²) in [6.45, 7) is 5.28. The largest absolute Gasteiger partial charge is 0.366 e. The minimum atomic E-state index is 0.391. The number of nitrogens with zero attached hydrogens (tertiary/aromatic N) is 4. The van der Waals surface area contributed by atoms with Crippen LogP contribution < -0.4 is 5.32 Å². The van der Waals surface area contributed by atoms with Crippen molar-refractivity contribution in [2.24, 2.45) is 5.41 Å². The molecule has 19 heavy (non-hydrogen) atoms. The van der Waals surface area contributed by atoms with E-state index >= 15 is 0 Å². The monoisotopic (exact) mass is 259 g/mol. The number of aromatic nitrogens is 4. The summed E-state index contributed by atoms with van der Waals surface area (Å²) >= 11 is 0. The minimum Gasteiger partial charge on any atom is -0.366 e. The maximum atomic E-state index is 4.40. The lowest BCUT2D eigenvalue weighted by Crippen LogP contribution is -2.29. The fraction of sp³-hybridized carbons (Fsp3) is 0.643. The van der Waals surface area contributed by atoms with Gasteiger partial charge in [0, 0.05) is 18.9 Å². The third-order valence-electron chi connectivity index (χ3n) is 4.24. The van der Waals surface area contributed by atoms with E-state index in [9.17, 15) is 0 Å². The lowest BCUT2D eigenvalue weighted by atomic mass is 9.76. The predicted octanol–water partition coefficient (Wildman–Crippen LogP) is 2.82. The summed E-state index contributed by atoms with van der Waals surface area (Å²) < 4.78 is 1.97. The molecule has 1 N–H and O–H groups in total. The van der Waals surface area contributed by atoms with Gasteiger partial charge in [-0.05, 0) is 25.2 Å². The lowest BCUT2D eigenvalue weighted by Gasteiger charge is -2.33. The van der Waals surface area contributed by atoms with Crippen molar-refractivity contribution in [1.29, 1.82) is 0 Å². The van der Waals surface area contributed by atoms with Gasteiger partial charge in [-0.15, -0.1) is 10.2 Å². The van der Waals surface area contributed by atoms with Crippen molar-refractivity contribution in [2.75, 3.05) is 11.9 Å². The molecule has 0 aromatic carbocycles. The molecule has 102 valence electrons. The Balaban J connectivity index is 1.78. The normalized spacial score (nSPS) is 18.6. The standard InChI is InChI=1S/C14H21N5/c1-11-17-18-13-12(15-8-9-19(11)13)16-10-14(2)6-4-3-5-7-14/h8-9H,3-7,10H2,1-2H3,(H,15,16). The van der Waals surface area contributed by atoms with Gasteiger partial charge < -0.3 is 5.32 Å². The molecule has 0 spiro atoms. The van der Waals surface area contributed by atoms with Crippen LogP contribution in [0.1, 0.15) is 44.9 Å². The van der Waals surface area contributed by atoms with E-state index in [2.05, 4.69) is 27.4 Å². The molecule has 1 fully saturated rings. The molecule has 1 aliphatic carbocycles. The smallest absolute Gasteiger partial charge is 0.203 e. The maximum Gasteiger partial charge on any atom is 0.203 e. The van der Waals surface area contributed by atoms with Crippen LogP contribution in [0.4, 0.5) is 5.82 Å². The summed E-state index contributed by atoms with van der Waals surface area (Å²) in [5, 5.41) is 11.8. The molecule has 0 bridgehead atoms. The van der Waals surface area contributed by atoms with Crippen molar-refractivity contribution >= 4 is 11.5 Å². The molecule has 3 rings (SSSR count). The van der Waals surface area contributed by atoms with Gasteiger partial charge in [-0.1, -0.05) is 26.2 Å². The van der Waals surface area contributed by atoms with E-state index in [1.807, 2.05) is 17.5 Å². The Morgan fingerprint density at radius 3 is 2.84 bits per heavy atom. The molecule has 0 amide bonds. The average molecular weight is 259 g/mol. The van der Waals surface area contributed by atoms with E-state index in [4.69, 9.17) is 0 Å². The van der Waals surface area contributed by atoms with E-state index in [1.165, 1.54) is 32.1 Å². The highest BCUT2D eigenvalue weighted by Gasteiger charge is 2.26. The molecule has 0 atom stereocenters. The zero-order valence-corrected chi connectivity index (χ0v) is 11.7. The first kappa shape index (κ1) is 12.4. The van der Waals surface area contributed by atoms with Crippen molar-refractivity contribution < 1.29 is 0 Å². The van der Waals surface area contributed by atoms with Crippen LogP contribution in [0.25, 0.3) is 5.65 Å². The Morgan fingerprint density at radius 2 is 2.05 bits per heavy atom. The van der Waals surface area contributed by atoms with Crippen LogP contribution in [0.2, 0.25) is 0 Å². The lowest BCUT2D eigenvalue weighted by molar-refractivity contribution is 0.233. The van der Waals surface area contributed by atoms with E-state index in [0.717, 1.165) is 23.8 Å². The van der Waals surface area contributed by atoms with Gasteiger partial charge in [0.1, 0.15) is 5.82 Å². The summed E-state index contributed by atoms with van der Waals surface area (Å²) in [5.74, 6) is 1.74. The molecule has 0 unspecified atom stereocenters. The van der Waals surface area contributed by atoms with Crippen molar-refractivity contribution in [3.63, 3.8) is 0 Å². The molecule has 0 radical (unpaired) electrons. The number of nitrogens with one attached hydrogen (secondary N) is 1. The fourth-order valence-corrected chi connectivity index (χ4v) is 2.95. The van der Waals surface area contributed by atoms with Crippen molar-refractivity contribution in [2.45, 2.75) is 46.0 Å². The highest BCUT2D eigenvalue weighted by Crippen LogP contribution is 2.35. The molecule has 1 aliphatic rings. The average Bonchev–Trinajstić information content (AvgIpc) is 2.80. The third-order valence-corrected chi connectivity index (χ3v) is 4.24. The Bertz CT molecular complexity index is 568. The Kier molecular flexibility index (Phi) is 3.12. The highest BCUT2D eigenvalue weighted by molar-refractivity contribution is 5.61. The van der Waals surface area contributed by atoms with E-state index < -0.39 is 0 Å². The van der Waals surface area contributed by atoms with Crippen molar-refractivity contribution in [1.82, 2.24) is 19.6 Å². The van der Waals surface area contributed by atoms with Gasteiger partial charge in [-0.3, -0.25) is 4.40 Å².